The third-order valence-corrected chi connectivity index (χ3v) is 5.53. The molecule has 7 heteroatoms. The molecule has 1 amide bonds. The minimum absolute atomic E-state index is 0.000631. The minimum atomic E-state index is -1.12. The van der Waals surface area contributed by atoms with Crippen LogP contribution in [0.3, 0.4) is 0 Å². The number of hydrogen-bond donors (Lipinski definition) is 2. The number of carboxylic acids is 1. The zero-order chi connectivity index (χ0) is 23.6. The lowest BCUT2D eigenvalue weighted by molar-refractivity contribution is -0.112. The molecule has 2 aromatic carbocycles. The second kappa shape index (κ2) is 9.13. The Bertz CT molecular complexity index is 1310. The van der Waals surface area contributed by atoms with E-state index in [9.17, 15) is 20.0 Å². The van der Waals surface area contributed by atoms with Crippen molar-refractivity contribution in [3.8, 4) is 11.8 Å². The first-order chi connectivity index (χ1) is 15.1. The number of nitriles is 1. The Kier molecular flexibility index (Phi) is 6.52. The third kappa shape index (κ3) is 4.58. The van der Waals surface area contributed by atoms with Crippen molar-refractivity contribution in [1.29, 1.82) is 5.26 Å². The van der Waals surface area contributed by atoms with Gasteiger partial charge < -0.3 is 15.0 Å². The van der Waals surface area contributed by atoms with Crippen LogP contribution in [0.25, 0.3) is 11.8 Å². The highest BCUT2D eigenvalue weighted by atomic mass is 35.5. The van der Waals surface area contributed by atoms with Gasteiger partial charge in [0.25, 0.3) is 5.91 Å². The summed E-state index contributed by atoms with van der Waals surface area (Å²) in [4.78, 5) is 24.2. The molecule has 0 saturated carbocycles. The molecule has 0 fully saturated rings. The van der Waals surface area contributed by atoms with Crippen LogP contribution in [0.4, 0.5) is 5.69 Å². The van der Waals surface area contributed by atoms with Crippen molar-refractivity contribution in [1.82, 2.24) is 4.57 Å². The Balaban J connectivity index is 1.98. The van der Waals surface area contributed by atoms with Crippen LogP contribution < -0.4 is 5.32 Å². The predicted octanol–water partition coefficient (Wildman–Crippen LogP) is 5.61. The van der Waals surface area contributed by atoms with E-state index in [4.69, 9.17) is 11.6 Å². The third-order valence-electron chi connectivity index (χ3n) is 5.20. The number of nitrogens with one attached hydrogen (secondary N) is 1. The molecule has 0 spiro atoms. The van der Waals surface area contributed by atoms with Gasteiger partial charge >= 0.3 is 5.97 Å². The van der Waals surface area contributed by atoms with Gasteiger partial charge in [-0.2, -0.15) is 5.26 Å². The molecule has 0 unspecified atom stereocenters. The van der Waals surface area contributed by atoms with E-state index in [0.717, 1.165) is 22.5 Å². The predicted molar refractivity (Wildman–Crippen MR) is 125 cm³/mol. The maximum absolute atomic E-state index is 12.7. The van der Waals surface area contributed by atoms with Gasteiger partial charge in [0.1, 0.15) is 11.6 Å². The van der Waals surface area contributed by atoms with Crippen LogP contribution in [0.15, 0.2) is 48.0 Å². The maximum atomic E-state index is 12.7. The molecule has 0 aliphatic rings. The molecule has 32 heavy (non-hydrogen) atoms. The number of aromatic carboxylic acids is 1. The van der Waals surface area contributed by atoms with Gasteiger partial charge in [-0.25, -0.2) is 4.79 Å². The monoisotopic (exact) mass is 447 g/mol. The Morgan fingerprint density at radius 3 is 2.44 bits per heavy atom. The fraction of sp³-hybridized carbons (Fsp3) is 0.160. The normalized spacial score (nSPS) is 11.2. The molecule has 0 aliphatic carbocycles. The molecule has 3 rings (SSSR count). The molecule has 0 aliphatic heterocycles. The topological polar surface area (TPSA) is 95.1 Å². The summed E-state index contributed by atoms with van der Waals surface area (Å²) in [6.45, 7) is 7.56. The summed E-state index contributed by atoms with van der Waals surface area (Å²) in [7, 11) is 0. The lowest BCUT2D eigenvalue weighted by Gasteiger charge is -2.11. The average molecular weight is 448 g/mol. The number of benzene rings is 2. The maximum Gasteiger partial charge on any atom is 0.337 e. The van der Waals surface area contributed by atoms with Crippen LogP contribution in [-0.2, 0) is 4.79 Å². The molecule has 0 atom stereocenters. The first-order valence-corrected chi connectivity index (χ1v) is 10.2. The number of carboxylic acid groups (broad SMARTS) is 1. The van der Waals surface area contributed by atoms with E-state index in [1.54, 1.807) is 6.07 Å². The van der Waals surface area contributed by atoms with Gasteiger partial charge in [0.05, 0.1) is 10.6 Å². The van der Waals surface area contributed by atoms with Crippen molar-refractivity contribution < 1.29 is 14.7 Å². The number of aryl methyl sites for hydroxylation is 3. The molecule has 6 nitrogen and oxygen atoms in total. The van der Waals surface area contributed by atoms with E-state index in [-0.39, 0.29) is 16.2 Å². The number of nitrogens with zero attached hydrogens (tertiary/aromatic N) is 2. The summed E-state index contributed by atoms with van der Waals surface area (Å²) < 4.78 is 1.85. The second-order valence-electron chi connectivity index (χ2n) is 7.57. The van der Waals surface area contributed by atoms with Crippen molar-refractivity contribution in [2.75, 3.05) is 5.32 Å². The van der Waals surface area contributed by atoms with E-state index >= 15 is 0 Å². The van der Waals surface area contributed by atoms with E-state index in [2.05, 4.69) is 5.32 Å². The number of carbonyl (C=O) groups excluding carboxylic acids is 1. The quantitative estimate of drug-likeness (QED) is 0.392. The van der Waals surface area contributed by atoms with E-state index in [1.165, 1.54) is 18.2 Å². The van der Waals surface area contributed by atoms with Crippen molar-refractivity contribution in [2.45, 2.75) is 27.7 Å². The molecule has 3 aromatic rings. The van der Waals surface area contributed by atoms with Crippen LogP contribution in [0.1, 0.15) is 38.4 Å². The van der Waals surface area contributed by atoms with Crippen LogP contribution in [0, 0.1) is 39.0 Å². The number of carbonyl (C=O) groups is 2. The second-order valence-corrected chi connectivity index (χ2v) is 7.98. The van der Waals surface area contributed by atoms with E-state index in [0.29, 0.717) is 16.9 Å². The first-order valence-electron chi connectivity index (χ1n) is 9.85. The number of aromatic nitrogens is 1. The lowest BCUT2D eigenvalue weighted by Crippen LogP contribution is -2.14. The van der Waals surface area contributed by atoms with Crippen LogP contribution in [0.2, 0.25) is 5.02 Å². The summed E-state index contributed by atoms with van der Waals surface area (Å²) in [5, 5.41) is 21.9. The molecule has 1 aromatic heterocycles. The standard InChI is InChI=1S/C25H22ClN3O3/c1-14-5-8-23(15(2)9-14)28-24(30)19(13-27)11-18-10-16(3)29(17(18)4)20-6-7-22(26)21(12-20)25(31)32/h5-12H,1-4H3,(H,28,30)(H,31,32)/b19-11-. The Hall–Kier alpha value is -3.82. The summed E-state index contributed by atoms with van der Waals surface area (Å²) >= 11 is 5.99. The van der Waals surface area contributed by atoms with Gasteiger partial charge in [0.15, 0.2) is 0 Å². The highest BCUT2D eigenvalue weighted by Gasteiger charge is 2.16. The fourth-order valence-corrected chi connectivity index (χ4v) is 3.79. The molecular weight excluding hydrogens is 426 g/mol. The highest BCUT2D eigenvalue weighted by molar-refractivity contribution is 6.33. The first kappa shape index (κ1) is 22.9. The van der Waals surface area contributed by atoms with Crippen molar-refractivity contribution in [3.05, 3.63) is 86.7 Å². The number of rotatable bonds is 5. The molecule has 2 N–H and O–H groups in total. The summed E-state index contributed by atoms with van der Waals surface area (Å²) in [6, 6.07) is 14.2. The van der Waals surface area contributed by atoms with Gasteiger partial charge in [-0.05, 0) is 75.2 Å². The average Bonchev–Trinajstić information content (AvgIpc) is 3.01. The number of anilines is 1. The SMILES string of the molecule is Cc1ccc(NC(=O)/C(C#N)=C\c2cc(C)n(-c3ccc(Cl)c(C(=O)O)c3)c2C)c(C)c1. The summed E-state index contributed by atoms with van der Waals surface area (Å²) in [5.74, 6) is -1.61. The number of halogens is 1. The van der Waals surface area contributed by atoms with Gasteiger partial charge in [-0.3, -0.25) is 4.79 Å². The van der Waals surface area contributed by atoms with Gasteiger partial charge in [0.2, 0.25) is 0 Å². The van der Waals surface area contributed by atoms with Gasteiger partial charge in [-0.1, -0.05) is 29.3 Å². The Labute approximate surface area is 191 Å². The Morgan fingerprint density at radius 1 is 1.09 bits per heavy atom. The van der Waals surface area contributed by atoms with E-state index in [1.807, 2.05) is 62.6 Å². The van der Waals surface area contributed by atoms with Crippen LogP contribution in [0.5, 0.6) is 0 Å². The van der Waals surface area contributed by atoms with Crippen molar-refractivity contribution in [2.24, 2.45) is 0 Å². The van der Waals surface area contributed by atoms with Gasteiger partial charge in [-0.15, -0.1) is 0 Å². The van der Waals surface area contributed by atoms with E-state index < -0.39 is 11.9 Å². The van der Waals surface area contributed by atoms with Crippen LogP contribution >= 0.6 is 11.6 Å². The number of amides is 1. The smallest absolute Gasteiger partial charge is 0.337 e. The summed E-state index contributed by atoms with van der Waals surface area (Å²) in [5.41, 5.74) is 5.48. The molecule has 1 heterocycles. The lowest BCUT2D eigenvalue weighted by atomic mass is 10.1. The molecule has 0 bridgehead atoms. The molecule has 162 valence electrons. The minimum Gasteiger partial charge on any atom is -0.478 e. The zero-order valence-electron chi connectivity index (χ0n) is 18.2. The highest BCUT2D eigenvalue weighted by Crippen LogP contribution is 2.26. The zero-order valence-corrected chi connectivity index (χ0v) is 18.9. The molecule has 0 saturated heterocycles. The van der Waals surface area contributed by atoms with Crippen LogP contribution in [-0.4, -0.2) is 21.6 Å². The van der Waals surface area contributed by atoms with Crippen molar-refractivity contribution in [3.63, 3.8) is 0 Å². The Morgan fingerprint density at radius 2 is 1.81 bits per heavy atom. The molecular formula is C25H22ClN3O3. The fourth-order valence-electron chi connectivity index (χ4n) is 3.59. The van der Waals surface area contributed by atoms with Crippen molar-refractivity contribution >= 4 is 35.2 Å². The summed E-state index contributed by atoms with van der Waals surface area (Å²) in [6.07, 6.45) is 1.53. The van der Waals surface area contributed by atoms with Gasteiger partial charge in [0, 0.05) is 22.8 Å². The molecule has 0 radical (unpaired) electrons. The largest absolute Gasteiger partial charge is 0.478 e. The number of hydrogen-bond acceptors (Lipinski definition) is 3.